The molecule has 0 bridgehead atoms. The third kappa shape index (κ3) is 2.44. The molecule has 118 valence electrons. The Morgan fingerprint density at radius 2 is 1.42 bits per heavy atom. The van der Waals surface area contributed by atoms with Crippen molar-refractivity contribution in [1.29, 1.82) is 0 Å². The number of benzene rings is 3. The van der Waals surface area contributed by atoms with Crippen molar-refractivity contribution in [2.75, 3.05) is 0 Å². The normalized spacial score (nSPS) is 12.0. The van der Waals surface area contributed by atoms with Gasteiger partial charge < -0.3 is 0 Å². The Balaban J connectivity index is 2.11. The molecule has 0 radical (unpaired) electrons. The fraction of sp³-hybridized carbons (Fsp3) is 0.182. The number of hydrogen-bond donors (Lipinski definition) is 0. The summed E-state index contributed by atoms with van der Waals surface area (Å²) < 4.78 is 0. The molecule has 0 amide bonds. The molecule has 0 aliphatic heterocycles. The first-order valence-corrected chi connectivity index (χ1v) is 8.29. The zero-order valence-electron chi connectivity index (χ0n) is 14.2. The van der Waals surface area contributed by atoms with Gasteiger partial charge in [0.05, 0.1) is 22.4 Å². The van der Waals surface area contributed by atoms with E-state index in [1.54, 1.807) is 0 Å². The number of aromatic nitrogens is 2. The molecular formula is C22H20N2. The van der Waals surface area contributed by atoms with Gasteiger partial charge in [-0.3, -0.25) is 0 Å². The van der Waals surface area contributed by atoms with Gasteiger partial charge >= 0.3 is 0 Å². The van der Waals surface area contributed by atoms with Gasteiger partial charge in [0.25, 0.3) is 0 Å². The average molecular weight is 312 g/mol. The minimum absolute atomic E-state index is 0.0800. The Hall–Kier alpha value is -2.74. The largest absolute Gasteiger partial charge is 0.248 e. The van der Waals surface area contributed by atoms with Crippen LogP contribution in [0, 0.1) is 0 Å². The molecule has 0 fully saturated rings. The van der Waals surface area contributed by atoms with Gasteiger partial charge in [0, 0.05) is 16.4 Å². The lowest BCUT2D eigenvalue weighted by Crippen LogP contribution is -2.16. The van der Waals surface area contributed by atoms with E-state index in [0.717, 1.165) is 33.4 Å². The predicted octanol–water partition coefficient (Wildman–Crippen LogP) is 5.75. The van der Waals surface area contributed by atoms with Crippen LogP contribution in [0.15, 0.2) is 66.7 Å². The van der Waals surface area contributed by atoms with Gasteiger partial charge in [-0.2, -0.15) is 0 Å². The van der Waals surface area contributed by atoms with Crippen molar-refractivity contribution in [3.05, 3.63) is 72.4 Å². The molecule has 3 aromatic carbocycles. The Morgan fingerprint density at radius 3 is 2.17 bits per heavy atom. The van der Waals surface area contributed by atoms with E-state index in [1.165, 1.54) is 5.39 Å². The Kier molecular flexibility index (Phi) is 3.34. The summed E-state index contributed by atoms with van der Waals surface area (Å²) in [4.78, 5) is 10.1. The second kappa shape index (κ2) is 5.41. The van der Waals surface area contributed by atoms with E-state index in [2.05, 4.69) is 69.3 Å². The summed E-state index contributed by atoms with van der Waals surface area (Å²) in [5, 5.41) is 2.36. The molecule has 24 heavy (non-hydrogen) atoms. The van der Waals surface area contributed by atoms with Crippen LogP contribution >= 0.6 is 0 Å². The van der Waals surface area contributed by atoms with Crippen LogP contribution in [0.4, 0.5) is 0 Å². The fourth-order valence-electron chi connectivity index (χ4n) is 3.11. The number of nitrogens with zero attached hydrogens (tertiary/aromatic N) is 2. The molecule has 0 spiro atoms. The molecule has 4 aromatic rings. The van der Waals surface area contributed by atoms with Crippen LogP contribution in [0.2, 0.25) is 0 Å². The van der Waals surface area contributed by atoms with Gasteiger partial charge in [-0.05, 0) is 11.5 Å². The summed E-state index contributed by atoms with van der Waals surface area (Å²) in [6.45, 7) is 6.58. The van der Waals surface area contributed by atoms with E-state index in [1.807, 2.05) is 18.2 Å². The zero-order chi connectivity index (χ0) is 16.7. The third-order valence-corrected chi connectivity index (χ3v) is 4.32. The lowest BCUT2D eigenvalue weighted by atomic mass is 9.88. The molecule has 1 aromatic heterocycles. The molecule has 2 heteroatoms. The number of hydrogen-bond acceptors (Lipinski definition) is 2. The Labute approximate surface area is 142 Å². The second-order valence-electron chi connectivity index (χ2n) is 7.19. The van der Waals surface area contributed by atoms with Gasteiger partial charge in [0.1, 0.15) is 0 Å². The summed E-state index contributed by atoms with van der Waals surface area (Å²) >= 11 is 0. The van der Waals surface area contributed by atoms with Crippen LogP contribution < -0.4 is 0 Å². The average Bonchev–Trinajstić information content (AvgIpc) is 2.60. The molecule has 2 nitrogen and oxygen atoms in total. The van der Waals surface area contributed by atoms with Crippen molar-refractivity contribution < 1.29 is 0 Å². The minimum Gasteiger partial charge on any atom is -0.248 e. The summed E-state index contributed by atoms with van der Waals surface area (Å²) in [5.74, 6) is 0. The van der Waals surface area contributed by atoms with E-state index in [0.29, 0.717) is 0 Å². The third-order valence-electron chi connectivity index (χ3n) is 4.32. The van der Waals surface area contributed by atoms with Crippen molar-refractivity contribution in [2.24, 2.45) is 0 Å². The highest BCUT2D eigenvalue weighted by molar-refractivity contribution is 6.04. The molecule has 4 rings (SSSR count). The van der Waals surface area contributed by atoms with E-state index < -0.39 is 0 Å². The van der Waals surface area contributed by atoms with Crippen LogP contribution in [0.25, 0.3) is 33.1 Å². The molecule has 1 heterocycles. The predicted molar refractivity (Wildman–Crippen MR) is 101 cm³/mol. The van der Waals surface area contributed by atoms with Crippen LogP contribution in [-0.2, 0) is 5.41 Å². The first-order chi connectivity index (χ1) is 11.5. The molecule has 0 aliphatic carbocycles. The summed E-state index contributed by atoms with van der Waals surface area (Å²) in [7, 11) is 0. The molecule has 0 atom stereocenters. The van der Waals surface area contributed by atoms with Gasteiger partial charge in [-0.15, -0.1) is 0 Å². The monoisotopic (exact) mass is 312 g/mol. The summed E-state index contributed by atoms with van der Waals surface area (Å²) in [5.41, 5.74) is 4.98. The van der Waals surface area contributed by atoms with Crippen molar-refractivity contribution in [2.45, 2.75) is 26.2 Å². The molecule has 0 saturated carbocycles. The quantitative estimate of drug-likeness (QED) is 0.418. The van der Waals surface area contributed by atoms with Crippen molar-refractivity contribution in [3.63, 3.8) is 0 Å². The van der Waals surface area contributed by atoms with E-state index in [9.17, 15) is 0 Å². The lowest BCUT2D eigenvalue weighted by Gasteiger charge is -2.22. The zero-order valence-corrected chi connectivity index (χ0v) is 14.2. The van der Waals surface area contributed by atoms with Crippen LogP contribution in [-0.4, -0.2) is 9.97 Å². The maximum Gasteiger partial charge on any atom is 0.0969 e. The lowest BCUT2D eigenvalue weighted by molar-refractivity contribution is 0.571. The SMILES string of the molecule is CC(C)(C)c1nc2c(ccc3ccccc32)nc1-c1ccccc1. The van der Waals surface area contributed by atoms with Crippen LogP contribution in [0.3, 0.4) is 0 Å². The highest BCUT2D eigenvalue weighted by Gasteiger charge is 2.23. The van der Waals surface area contributed by atoms with Gasteiger partial charge in [-0.25, -0.2) is 9.97 Å². The Bertz CT molecular complexity index is 1030. The first kappa shape index (κ1) is 14.8. The van der Waals surface area contributed by atoms with Gasteiger partial charge in [0.15, 0.2) is 0 Å². The number of rotatable bonds is 1. The van der Waals surface area contributed by atoms with Crippen molar-refractivity contribution in [3.8, 4) is 11.3 Å². The van der Waals surface area contributed by atoms with E-state index >= 15 is 0 Å². The maximum absolute atomic E-state index is 5.09. The molecule has 0 unspecified atom stereocenters. The number of fused-ring (bicyclic) bond motifs is 3. The fourth-order valence-corrected chi connectivity index (χ4v) is 3.11. The minimum atomic E-state index is -0.0800. The molecule has 0 N–H and O–H groups in total. The summed E-state index contributed by atoms with van der Waals surface area (Å²) in [6, 6.07) is 22.9. The smallest absolute Gasteiger partial charge is 0.0969 e. The highest BCUT2D eigenvalue weighted by Crippen LogP contribution is 2.33. The van der Waals surface area contributed by atoms with Crippen LogP contribution in [0.1, 0.15) is 26.5 Å². The van der Waals surface area contributed by atoms with Crippen LogP contribution in [0.5, 0.6) is 0 Å². The highest BCUT2D eigenvalue weighted by atomic mass is 14.8. The second-order valence-corrected chi connectivity index (χ2v) is 7.19. The van der Waals surface area contributed by atoms with Crippen molar-refractivity contribution >= 4 is 21.8 Å². The van der Waals surface area contributed by atoms with Gasteiger partial charge in [0.2, 0.25) is 0 Å². The first-order valence-electron chi connectivity index (χ1n) is 8.29. The molecule has 0 aliphatic rings. The van der Waals surface area contributed by atoms with E-state index in [4.69, 9.17) is 9.97 Å². The van der Waals surface area contributed by atoms with Gasteiger partial charge in [-0.1, -0.05) is 81.4 Å². The summed E-state index contributed by atoms with van der Waals surface area (Å²) in [6.07, 6.45) is 0. The Morgan fingerprint density at radius 1 is 0.708 bits per heavy atom. The molecule has 0 saturated heterocycles. The molecular weight excluding hydrogens is 292 g/mol. The topological polar surface area (TPSA) is 25.8 Å². The standard InChI is InChI=1S/C22H20N2/c1-22(2,3)21-19(16-10-5-4-6-11-16)23-18-14-13-15-9-7-8-12-17(15)20(18)24-21/h4-14H,1-3H3. The van der Waals surface area contributed by atoms with Crippen molar-refractivity contribution in [1.82, 2.24) is 9.97 Å². The maximum atomic E-state index is 5.09. The van der Waals surface area contributed by atoms with E-state index in [-0.39, 0.29) is 5.41 Å².